The van der Waals surface area contributed by atoms with Crippen LogP contribution in [0.2, 0.25) is 0 Å². The molecule has 1 amide bonds. The molecular formula is C7H16N2O2. The number of hydroxylamine groups is 2. The Balaban J connectivity index is 3.68. The Morgan fingerprint density at radius 1 is 1.73 bits per heavy atom. The Labute approximate surface area is 67.3 Å². The average Bonchev–Trinajstić information content (AvgIpc) is 2.02. The van der Waals surface area contributed by atoms with Crippen molar-refractivity contribution < 1.29 is 9.63 Å². The standard InChI is InChI=1S/C7H16N2O2/c1-4-6(8)5-7(10)9(2)11-3/h6H,4-5,8H2,1-3H3. The van der Waals surface area contributed by atoms with Crippen molar-refractivity contribution in [3.63, 3.8) is 0 Å². The van der Waals surface area contributed by atoms with Crippen LogP contribution in [0.4, 0.5) is 0 Å². The minimum Gasteiger partial charge on any atom is -0.327 e. The molecule has 4 heteroatoms. The van der Waals surface area contributed by atoms with Gasteiger partial charge >= 0.3 is 0 Å². The molecule has 0 aliphatic carbocycles. The third-order valence-electron chi connectivity index (χ3n) is 1.59. The Bertz CT molecular complexity index is 128. The largest absolute Gasteiger partial charge is 0.327 e. The van der Waals surface area contributed by atoms with Crippen LogP contribution in [-0.2, 0) is 9.63 Å². The fraction of sp³-hybridized carbons (Fsp3) is 0.857. The molecule has 0 fully saturated rings. The normalized spacial score (nSPS) is 12.7. The first-order chi connectivity index (χ1) is 5.11. The van der Waals surface area contributed by atoms with Gasteiger partial charge < -0.3 is 5.73 Å². The van der Waals surface area contributed by atoms with E-state index in [4.69, 9.17) is 5.73 Å². The van der Waals surface area contributed by atoms with Crippen LogP contribution in [0.1, 0.15) is 19.8 Å². The van der Waals surface area contributed by atoms with E-state index in [0.29, 0.717) is 6.42 Å². The maximum absolute atomic E-state index is 11.1. The number of nitrogens with two attached hydrogens (primary N) is 1. The van der Waals surface area contributed by atoms with Crippen LogP contribution in [0.25, 0.3) is 0 Å². The first-order valence-electron chi connectivity index (χ1n) is 3.68. The first kappa shape index (κ1) is 10.4. The molecule has 11 heavy (non-hydrogen) atoms. The molecule has 0 radical (unpaired) electrons. The quantitative estimate of drug-likeness (QED) is 0.595. The summed E-state index contributed by atoms with van der Waals surface area (Å²) in [5, 5.41) is 1.19. The van der Waals surface area contributed by atoms with E-state index in [1.165, 1.54) is 12.2 Å². The van der Waals surface area contributed by atoms with E-state index in [2.05, 4.69) is 4.84 Å². The van der Waals surface area contributed by atoms with E-state index in [1.807, 2.05) is 6.92 Å². The lowest BCUT2D eigenvalue weighted by molar-refractivity contribution is -0.169. The van der Waals surface area contributed by atoms with Gasteiger partial charge in [0.25, 0.3) is 0 Å². The Morgan fingerprint density at radius 3 is 2.64 bits per heavy atom. The van der Waals surface area contributed by atoms with Crippen molar-refractivity contribution in [3.8, 4) is 0 Å². The van der Waals surface area contributed by atoms with Gasteiger partial charge in [0, 0.05) is 19.5 Å². The van der Waals surface area contributed by atoms with Crippen LogP contribution < -0.4 is 5.73 Å². The molecule has 0 heterocycles. The third-order valence-corrected chi connectivity index (χ3v) is 1.59. The number of nitrogens with zero attached hydrogens (tertiary/aromatic N) is 1. The van der Waals surface area contributed by atoms with E-state index < -0.39 is 0 Å². The monoisotopic (exact) mass is 160 g/mol. The molecule has 0 saturated carbocycles. The zero-order chi connectivity index (χ0) is 8.85. The second-order valence-electron chi connectivity index (χ2n) is 2.45. The minimum absolute atomic E-state index is 0.0555. The smallest absolute Gasteiger partial charge is 0.247 e. The highest BCUT2D eigenvalue weighted by Gasteiger charge is 2.11. The lowest BCUT2D eigenvalue weighted by Crippen LogP contribution is -2.32. The van der Waals surface area contributed by atoms with E-state index in [9.17, 15) is 4.79 Å². The summed E-state index contributed by atoms with van der Waals surface area (Å²) in [4.78, 5) is 15.7. The molecule has 0 aromatic carbocycles. The van der Waals surface area contributed by atoms with Gasteiger partial charge in [-0.05, 0) is 6.42 Å². The number of amides is 1. The molecule has 2 N–H and O–H groups in total. The fourth-order valence-corrected chi connectivity index (χ4v) is 0.599. The topological polar surface area (TPSA) is 55.6 Å². The summed E-state index contributed by atoms with van der Waals surface area (Å²) in [7, 11) is 3.03. The summed E-state index contributed by atoms with van der Waals surface area (Å²) in [6.07, 6.45) is 1.16. The van der Waals surface area contributed by atoms with Gasteiger partial charge in [-0.1, -0.05) is 6.92 Å². The fourth-order valence-electron chi connectivity index (χ4n) is 0.599. The van der Waals surface area contributed by atoms with Crippen molar-refractivity contribution in [3.05, 3.63) is 0 Å². The maximum Gasteiger partial charge on any atom is 0.247 e. The number of hydrogen-bond acceptors (Lipinski definition) is 3. The zero-order valence-corrected chi connectivity index (χ0v) is 7.33. The summed E-state index contributed by atoms with van der Waals surface area (Å²) >= 11 is 0. The average molecular weight is 160 g/mol. The van der Waals surface area contributed by atoms with E-state index in [-0.39, 0.29) is 11.9 Å². The first-order valence-corrected chi connectivity index (χ1v) is 3.68. The molecule has 0 rings (SSSR count). The van der Waals surface area contributed by atoms with Gasteiger partial charge in [0.05, 0.1) is 7.11 Å². The molecule has 4 nitrogen and oxygen atoms in total. The highest BCUT2D eigenvalue weighted by molar-refractivity contribution is 5.75. The summed E-state index contributed by atoms with van der Waals surface area (Å²) < 4.78 is 0. The van der Waals surface area contributed by atoms with E-state index >= 15 is 0 Å². The van der Waals surface area contributed by atoms with Gasteiger partial charge in [0.2, 0.25) is 5.91 Å². The maximum atomic E-state index is 11.1. The molecule has 0 aliphatic heterocycles. The van der Waals surface area contributed by atoms with Crippen LogP contribution >= 0.6 is 0 Å². The number of rotatable bonds is 4. The van der Waals surface area contributed by atoms with E-state index in [1.54, 1.807) is 7.05 Å². The van der Waals surface area contributed by atoms with Crippen LogP contribution in [-0.4, -0.2) is 31.2 Å². The van der Waals surface area contributed by atoms with Gasteiger partial charge in [-0.15, -0.1) is 0 Å². The van der Waals surface area contributed by atoms with Gasteiger partial charge in [-0.2, -0.15) is 0 Å². The molecular weight excluding hydrogens is 144 g/mol. The van der Waals surface area contributed by atoms with Gasteiger partial charge in [-0.3, -0.25) is 9.63 Å². The highest BCUT2D eigenvalue weighted by atomic mass is 16.7. The molecule has 0 bridgehead atoms. The lowest BCUT2D eigenvalue weighted by atomic mass is 10.1. The second kappa shape index (κ2) is 5.09. The SMILES string of the molecule is CCC(N)CC(=O)N(C)OC. The highest BCUT2D eigenvalue weighted by Crippen LogP contribution is 1.97. The van der Waals surface area contributed by atoms with Crippen molar-refractivity contribution in [1.82, 2.24) is 5.06 Å². The van der Waals surface area contributed by atoms with Gasteiger partial charge in [0.15, 0.2) is 0 Å². The number of hydrogen-bond donors (Lipinski definition) is 1. The summed E-state index contributed by atoms with van der Waals surface area (Å²) in [6.45, 7) is 1.95. The third kappa shape index (κ3) is 3.95. The van der Waals surface area contributed by atoms with Crippen LogP contribution in [0.3, 0.4) is 0 Å². The molecule has 0 saturated heterocycles. The summed E-state index contributed by atoms with van der Waals surface area (Å²) in [5.74, 6) is -0.0816. The molecule has 66 valence electrons. The van der Waals surface area contributed by atoms with Crippen molar-refractivity contribution in [2.24, 2.45) is 5.73 Å². The molecule has 0 aliphatic rings. The van der Waals surface area contributed by atoms with E-state index in [0.717, 1.165) is 6.42 Å². The summed E-state index contributed by atoms with van der Waals surface area (Å²) in [5.41, 5.74) is 5.56. The number of carbonyl (C=O) groups is 1. The van der Waals surface area contributed by atoms with Crippen LogP contribution in [0.5, 0.6) is 0 Å². The predicted molar refractivity (Wildman–Crippen MR) is 42.7 cm³/mol. The molecule has 1 unspecified atom stereocenters. The predicted octanol–water partition coefficient (Wildman–Crippen LogP) is 0.134. The van der Waals surface area contributed by atoms with Crippen LogP contribution in [0, 0.1) is 0 Å². The number of carbonyl (C=O) groups excluding carboxylic acids is 1. The van der Waals surface area contributed by atoms with Gasteiger partial charge in [0.1, 0.15) is 0 Å². The minimum atomic E-state index is -0.0816. The molecule has 0 spiro atoms. The molecule has 1 atom stereocenters. The second-order valence-corrected chi connectivity index (χ2v) is 2.45. The Kier molecular flexibility index (Phi) is 4.81. The van der Waals surface area contributed by atoms with Crippen molar-refractivity contribution in [2.75, 3.05) is 14.2 Å². The van der Waals surface area contributed by atoms with Crippen molar-refractivity contribution >= 4 is 5.91 Å². The summed E-state index contributed by atoms with van der Waals surface area (Å²) in [6, 6.07) is -0.0555. The van der Waals surface area contributed by atoms with Crippen LogP contribution in [0.15, 0.2) is 0 Å². The van der Waals surface area contributed by atoms with Crippen molar-refractivity contribution in [1.29, 1.82) is 0 Å². The van der Waals surface area contributed by atoms with Gasteiger partial charge in [-0.25, -0.2) is 5.06 Å². The Morgan fingerprint density at radius 2 is 2.27 bits per heavy atom. The molecule has 0 aromatic rings. The lowest BCUT2D eigenvalue weighted by Gasteiger charge is -2.15. The zero-order valence-electron chi connectivity index (χ0n) is 7.33. The Hall–Kier alpha value is -0.610. The van der Waals surface area contributed by atoms with Crippen molar-refractivity contribution in [2.45, 2.75) is 25.8 Å². The molecule has 0 aromatic heterocycles.